The number of nitrogens with zero attached hydrogens (tertiary/aromatic N) is 4. The zero-order valence-electron chi connectivity index (χ0n) is 18.6. The topological polar surface area (TPSA) is 91.0 Å². The molecule has 8 nitrogen and oxygen atoms in total. The second kappa shape index (κ2) is 10.5. The summed E-state index contributed by atoms with van der Waals surface area (Å²) in [4.78, 5) is 35.5. The second-order valence-electron chi connectivity index (χ2n) is 7.81. The number of pyridine rings is 2. The van der Waals surface area contributed by atoms with Crippen LogP contribution in [0.2, 0.25) is 0 Å². The van der Waals surface area contributed by atoms with E-state index in [1.54, 1.807) is 23.3 Å². The molecule has 5 rings (SSSR count). The second-order valence-corrected chi connectivity index (χ2v) is 8.83. The van der Waals surface area contributed by atoms with Gasteiger partial charge in [0.2, 0.25) is 0 Å². The summed E-state index contributed by atoms with van der Waals surface area (Å²) in [5.74, 6) is 0.0704. The van der Waals surface area contributed by atoms with Crippen molar-refractivity contribution in [1.82, 2.24) is 24.4 Å². The fourth-order valence-electron chi connectivity index (χ4n) is 4.06. The van der Waals surface area contributed by atoms with Gasteiger partial charge in [-0.2, -0.15) is 0 Å². The van der Waals surface area contributed by atoms with Crippen LogP contribution in [0.5, 0.6) is 5.75 Å². The highest BCUT2D eigenvalue weighted by Crippen LogP contribution is 2.39. The highest BCUT2D eigenvalue weighted by atomic mass is 32.1. The molecule has 9 heteroatoms. The normalized spacial score (nSPS) is 10.9. The predicted molar refractivity (Wildman–Crippen MR) is 139 cm³/mol. The summed E-state index contributed by atoms with van der Waals surface area (Å²) in [5.41, 5.74) is 1.37. The maximum Gasteiger partial charge on any atom is 0.265 e. The van der Waals surface area contributed by atoms with Gasteiger partial charge in [-0.05, 0) is 24.6 Å². The summed E-state index contributed by atoms with van der Waals surface area (Å²) < 4.78 is 10.0. The molecule has 180 valence electrons. The van der Waals surface area contributed by atoms with Crippen LogP contribution in [-0.4, -0.2) is 38.7 Å². The third-order valence-electron chi connectivity index (χ3n) is 5.66. The average Bonchev–Trinajstić information content (AvgIpc) is 3.53. The standard InChI is InChI=1S/C25H23N5O3S.CH4/c1-33-21-20-22(34-23(21)24(31)28-11-6-13-29-14-12-26-16-29)18-8-2-3-9-19(18)30(25(20)32)15-17-7-4-5-10-27-17;/h2-5,7-10,12,14,16H,6,11,13,15H2,1H3,(H,28,31);1H4. The maximum atomic E-state index is 13.7. The van der Waals surface area contributed by atoms with Crippen LogP contribution < -0.4 is 15.6 Å². The van der Waals surface area contributed by atoms with Crippen LogP contribution in [0.4, 0.5) is 0 Å². The number of carbonyl (C=O) groups is 1. The van der Waals surface area contributed by atoms with Crippen LogP contribution in [0, 0.1) is 0 Å². The number of rotatable bonds is 8. The minimum Gasteiger partial charge on any atom is -0.494 e. The van der Waals surface area contributed by atoms with Crippen LogP contribution in [0.15, 0.2) is 72.2 Å². The van der Waals surface area contributed by atoms with Crippen LogP contribution in [0.25, 0.3) is 21.0 Å². The van der Waals surface area contributed by atoms with E-state index in [0.29, 0.717) is 29.1 Å². The van der Waals surface area contributed by atoms with Crippen molar-refractivity contribution in [1.29, 1.82) is 0 Å². The summed E-state index contributed by atoms with van der Waals surface area (Å²) in [6.07, 6.45) is 7.83. The van der Waals surface area contributed by atoms with E-state index in [0.717, 1.165) is 34.3 Å². The third-order valence-corrected chi connectivity index (χ3v) is 6.86. The molecule has 0 aliphatic carbocycles. The molecule has 0 aliphatic rings. The number of thiophene rings is 1. The van der Waals surface area contributed by atoms with E-state index in [2.05, 4.69) is 15.3 Å². The Bertz CT molecular complexity index is 1510. The number of aryl methyl sites for hydroxylation is 1. The van der Waals surface area contributed by atoms with E-state index in [-0.39, 0.29) is 18.9 Å². The first-order valence-electron chi connectivity index (χ1n) is 10.9. The number of fused-ring (bicyclic) bond motifs is 3. The Morgan fingerprint density at radius 1 is 1.14 bits per heavy atom. The maximum absolute atomic E-state index is 13.7. The van der Waals surface area contributed by atoms with Gasteiger partial charge in [0.05, 0.1) is 35.9 Å². The van der Waals surface area contributed by atoms with Crippen LogP contribution in [0.3, 0.4) is 0 Å². The van der Waals surface area contributed by atoms with Crippen molar-refractivity contribution in [2.45, 2.75) is 26.9 Å². The van der Waals surface area contributed by atoms with Gasteiger partial charge in [0.15, 0.2) is 5.75 Å². The lowest BCUT2D eigenvalue weighted by Gasteiger charge is -2.11. The number of hydrogen-bond donors (Lipinski definition) is 1. The number of benzene rings is 1. The molecule has 0 unspecified atom stereocenters. The van der Waals surface area contributed by atoms with Gasteiger partial charge >= 0.3 is 0 Å². The van der Waals surface area contributed by atoms with Crippen molar-refractivity contribution in [3.63, 3.8) is 0 Å². The smallest absolute Gasteiger partial charge is 0.265 e. The summed E-state index contributed by atoms with van der Waals surface area (Å²) in [7, 11) is 1.50. The van der Waals surface area contributed by atoms with E-state index in [1.165, 1.54) is 18.4 Å². The highest BCUT2D eigenvalue weighted by molar-refractivity contribution is 7.22. The Hall–Kier alpha value is -3.98. The first-order valence-corrected chi connectivity index (χ1v) is 11.7. The lowest BCUT2D eigenvalue weighted by atomic mass is 10.1. The number of aromatic nitrogens is 4. The number of imidazole rings is 1. The molecule has 1 amide bonds. The Morgan fingerprint density at radius 3 is 2.71 bits per heavy atom. The summed E-state index contributed by atoms with van der Waals surface area (Å²) in [5, 5.41) is 4.28. The van der Waals surface area contributed by atoms with Crippen LogP contribution in [0.1, 0.15) is 29.2 Å². The largest absolute Gasteiger partial charge is 0.494 e. The Kier molecular flexibility index (Phi) is 7.26. The number of amides is 1. The highest BCUT2D eigenvalue weighted by Gasteiger charge is 2.24. The molecule has 4 aromatic heterocycles. The number of carbonyl (C=O) groups excluding carboxylic acids is 1. The third kappa shape index (κ3) is 4.67. The first kappa shape index (κ1) is 24.2. The first-order chi connectivity index (χ1) is 16.7. The van der Waals surface area contributed by atoms with Crippen molar-refractivity contribution in [2.75, 3.05) is 13.7 Å². The van der Waals surface area contributed by atoms with Gasteiger partial charge < -0.3 is 19.2 Å². The molecular formula is C26H27N5O3S. The number of ether oxygens (including phenoxy) is 1. The number of methoxy groups -OCH3 is 1. The molecule has 0 bridgehead atoms. The van der Waals surface area contributed by atoms with Gasteiger partial charge in [0.1, 0.15) is 10.3 Å². The molecule has 0 radical (unpaired) electrons. The fraction of sp³-hybridized carbons (Fsp3) is 0.231. The van der Waals surface area contributed by atoms with E-state index in [1.807, 2.05) is 53.2 Å². The Balaban J connectivity index is 0.00000289. The van der Waals surface area contributed by atoms with E-state index in [9.17, 15) is 9.59 Å². The number of nitrogens with one attached hydrogen (secondary N) is 1. The molecule has 1 N–H and O–H groups in total. The quantitative estimate of drug-likeness (QED) is 0.328. The average molecular weight is 490 g/mol. The minimum atomic E-state index is -0.247. The van der Waals surface area contributed by atoms with Crippen molar-refractivity contribution >= 4 is 38.2 Å². The van der Waals surface area contributed by atoms with Crippen LogP contribution in [-0.2, 0) is 13.1 Å². The fourth-order valence-corrected chi connectivity index (χ4v) is 5.27. The molecule has 0 fully saturated rings. The lowest BCUT2D eigenvalue weighted by molar-refractivity contribution is 0.0954. The molecule has 0 atom stereocenters. The zero-order chi connectivity index (χ0) is 23.5. The van der Waals surface area contributed by atoms with Crippen LogP contribution >= 0.6 is 11.3 Å². The molecule has 5 aromatic rings. The molecule has 4 heterocycles. The number of hydrogen-bond acceptors (Lipinski definition) is 6. The van der Waals surface area contributed by atoms with E-state index >= 15 is 0 Å². The monoisotopic (exact) mass is 489 g/mol. The van der Waals surface area contributed by atoms with Gasteiger partial charge in [-0.15, -0.1) is 11.3 Å². The Morgan fingerprint density at radius 2 is 1.97 bits per heavy atom. The van der Waals surface area contributed by atoms with E-state index in [4.69, 9.17) is 4.74 Å². The van der Waals surface area contributed by atoms with Gasteiger partial charge in [-0.1, -0.05) is 31.7 Å². The lowest BCUT2D eigenvalue weighted by Crippen LogP contribution is -2.25. The van der Waals surface area contributed by atoms with Gasteiger partial charge in [0.25, 0.3) is 11.5 Å². The minimum absolute atomic E-state index is 0. The van der Waals surface area contributed by atoms with Gasteiger partial charge in [-0.3, -0.25) is 14.6 Å². The van der Waals surface area contributed by atoms with Crippen molar-refractivity contribution < 1.29 is 9.53 Å². The molecule has 1 aromatic carbocycles. The van der Waals surface area contributed by atoms with Gasteiger partial charge in [0, 0.05) is 37.1 Å². The summed E-state index contributed by atoms with van der Waals surface area (Å²) in [6, 6.07) is 13.3. The van der Waals surface area contributed by atoms with Crippen molar-refractivity contribution in [3.05, 3.63) is 88.3 Å². The number of para-hydroxylation sites is 1. The predicted octanol–water partition coefficient (Wildman–Crippen LogP) is 4.32. The molecule has 0 saturated carbocycles. The van der Waals surface area contributed by atoms with E-state index < -0.39 is 0 Å². The molecule has 0 saturated heterocycles. The summed E-state index contributed by atoms with van der Waals surface area (Å²) >= 11 is 1.29. The van der Waals surface area contributed by atoms with Gasteiger partial charge in [-0.25, -0.2) is 4.98 Å². The Labute approximate surface area is 206 Å². The summed E-state index contributed by atoms with van der Waals surface area (Å²) in [6.45, 7) is 1.58. The molecule has 0 aliphatic heterocycles. The molecule has 0 spiro atoms. The van der Waals surface area contributed by atoms with Crippen molar-refractivity contribution in [2.24, 2.45) is 0 Å². The van der Waals surface area contributed by atoms with Crippen molar-refractivity contribution in [3.8, 4) is 5.75 Å². The SMILES string of the molecule is C.COc1c(C(=O)NCCCn2ccnc2)sc2c1c(=O)n(Cc1ccccn1)c1ccccc21. The molecule has 35 heavy (non-hydrogen) atoms. The molecular weight excluding hydrogens is 462 g/mol. The zero-order valence-corrected chi connectivity index (χ0v) is 19.4.